The van der Waals surface area contributed by atoms with Crippen LogP contribution in [0.25, 0.3) is 10.8 Å². The zero-order chi connectivity index (χ0) is 23.5. The zero-order valence-corrected chi connectivity index (χ0v) is 19.1. The van der Waals surface area contributed by atoms with Crippen molar-refractivity contribution >= 4 is 45.3 Å². The van der Waals surface area contributed by atoms with Crippen molar-refractivity contribution in [2.45, 2.75) is 13.0 Å². The molecule has 0 spiro atoms. The molecule has 0 bridgehead atoms. The van der Waals surface area contributed by atoms with Crippen LogP contribution in [0.15, 0.2) is 48.8 Å². The number of methoxy groups -OCH3 is 1. The molecule has 1 saturated heterocycles. The Hall–Kier alpha value is -3.43. The number of hydrogen-bond donors (Lipinski definition) is 1. The molecule has 1 amide bonds. The van der Waals surface area contributed by atoms with E-state index in [-0.39, 0.29) is 22.6 Å². The number of nitro benzene ring substituents is 1. The highest BCUT2D eigenvalue weighted by atomic mass is 35.5. The summed E-state index contributed by atoms with van der Waals surface area (Å²) in [7, 11) is 1.54. The van der Waals surface area contributed by atoms with Crippen LogP contribution in [0.5, 0.6) is 5.75 Å². The summed E-state index contributed by atoms with van der Waals surface area (Å²) in [4.78, 5) is 32.2. The van der Waals surface area contributed by atoms with Crippen LogP contribution in [0.3, 0.4) is 0 Å². The molecule has 33 heavy (non-hydrogen) atoms. The number of amides is 1. The van der Waals surface area contributed by atoms with E-state index in [0.29, 0.717) is 48.0 Å². The predicted octanol–water partition coefficient (Wildman–Crippen LogP) is 3.95. The monoisotopic (exact) mass is 469 g/mol. The first-order chi connectivity index (χ1) is 15.9. The minimum Gasteiger partial charge on any atom is -0.495 e. The lowest BCUT2D eigenvalue weighted by Gasteiger charge is -2.39. The van der Waals surface area contributed by atoms with Crippen LogP contribution in [-0.2, 0) is 4.79 Å². The van der Waals surface area contributed by atoms with Crippen LogP contribution in [0.2, 0.25) is 5.02 Å². The molecule has 4 rings (SSSR count). The maximum Gasteiger partial charge on any atom is 0.278 e. The molecule has 1 atom stereocenters. The lowest BCUT2D eigenvalue weighted by Crippen LogP contribution is -2.52. The maximum atomic E-state index is 12.9. The third-order valence-corrected chi connectivity index (χ3v) is 6.21. The van der Waals surface area contributed by atoms with Gasteiger partial charge in [-0.3, -0.25) is 24.8 Å². The number of nitro groups is 1. The number of rotatable bonds is 6. The summed E-state index contributed by atoms with van der Waals surface area (Å²) in [5.74, 6) is 0.403. The van der Waals surface area contributed by atoms with Gasteiger partial charge in [0.15, 0.2) is 0 Å². The Labute approximate surface area is 196 Å². The number of non-ortho nitro benzene ring substituents is 1. The fourth-order valence-electron chi connectivity index (χ4n) is 4.13. The smallest absolute Gasteiger partial charge is 0.278 e. The number of aromatic nitrogens is 1. The highest BCUT2D eigenvalue weighted by Gasteiger charge is 2.27. The van der Waals surface area contributed by atoms with Gasteiger partial charge in [-0.05, 0) is 37.3 Å². The van der Waals surface area contributed by atoms with E-state index in [9.17, 15) is 14.9 Å². The first kappa shape index (κ1) is 22.8. The standard InChI is InChI=1S/C23H24ClN5O4/c1-15(23(30)26-19-13-16(24)3-6-22(19)33-2)27-9-11-28(12-10-27)20-4-5-21(29(31)32)18-14-25-8-7-17(18)20/h3-8,13-15H,9-12H2,1-2H3,(H,26,30). The average molecular weight is 470 g/mol. The maximum absolute atomic E-state index is 12.9. The average Bonchev–Trinajstić information content (AvgIpc) is 2.83. The van der Waals surface area contributed by atoms with Crippen molar-refractivity contribution in [3.05, 3.63) is 63.9 Å². The lowest BCUT2D eigenvalue weighted by molar-refractivity contribution is -0.383. The molecule has 1 unspecified atom stereocenters. The molecular formula is C23H24ClN5O4. The van der Waals surface area contributed by atoms with E-state index in [2.05, 4.69) is 20.1 Å². The summed E-state index contributed by atoms with van der Waals surface area (Å²) >= 11 is 6.06. The first-order valence-electron chi connectivity index (χ1n) is 10.5. The summed E-state index contributed by atoms with van der Waals surface area (Å²) in [6.07, 6.45) is 3.17. The van der Waals surface area contributed by atoms with E-state index in [1.54, 1.807) is 43.6 Å². The Morgan fingerprint density at radius 1 is 1.18 bits per heavy atom. The van der Waals surface area contributed by atoms with Crippen LogP contribution < -0.4 is 15.0 Å². The first-order valence-corrected chi connectivity index (χ1v) is 10.9. The Morgan fingerprint density at radius 2 is 1.94 bits per heavy atom. The quantitative estimate of drug-likeness (QED) is 0.430. The topological polar surface area (TPSA) is 101 Å². The third-order valence-electron chi connectivity index (χ3n) is 5.97. The van der Waals surface area contributed by atoms with Gasteiger partial charge in [-0.1, -0.05) is 11.6 Å². The SMILES string of the molecule is COc1ccc(Cl)cc1NC(=O)C(C)N1CCN(c2ccc([N+](=O)[O-])c3cnccc23)CC1. The van der Waals surface area contributed by atoms with Crippen molar-refractivity contribution in [3.63, 3.8) is 0 Å². The molecule has 0 radical (unpaired) electrons. The second-order valence-electron chi connectivity index (χ2n) is 7.82. The third kappa shape index (κ3) is 4.69. The molecule has 172 valence electrons. The lowest BCUT2D eigenvalue weighted by atomic mass is 10.1. The molecule has 1 aliphatic rings. The van der Waals surface area contributed by atoms with Gasteiger partial charge >= 0.3 is 0 Å². The van der Waals surface area contributed by atoms with Crippen molar-refractivity contribution in [3.8, 4) is 5.75 Å². The van der Waals surface area contributed by atoms with E-state index in [0.717, 1.165) is 11.1 Å². The van der Waals surface area contributed by atoms with E-state index in [1.165, 1.54) is 12.3 Å². The summed E-state index contributed by atoms with van der Waals surface area (Å²) in [6.45, 7) is 4.59. The number of carbonyl (C=O) groups excluding carboxylic acids is 1. The Morgan fingerprint density at radius 3 is 2.64 bits per heavy atom. The van der Waals surface area contributed by atoms with Gasteiger partial charge in [0.25, 0.3) is 5.69 Å². The summed E-state index contributed by atoms with van der Waals surface area (Å²) < 4.78 is 5.31. The van der Waals surface area contributed by atoms with Crippen LogP contribution in [0.1, 0.15) is 6.92 Å². The second kappa shape index (κ2) is 9.60. The number of halogens is 1. The number of ether oxygens (including phenoxy) is 1. The fraction of sp³-hybridized carbons (Fsp3) is 0.304. The molecule has 1 N–H and O–H groups in total. The molecule has 2 heterocycles. The molecule has 1 fully saturated rings. The van der Waals surface area contributed by atoms with Crippen LogP contribution >= 0.6 is 11.6 Å². The van der Waals surface area contributed by atoms with Gasteiger partial charge in [0.05, 0.1) is 29.1 Å². The van der Waals surface area contributed by atoms with E-state index in [1.807, 2.05) is 6.92 Å². The molecule has 3 aromatic rings. The highest BCUT2D eigenvalue weighted by molar-refractivity contribution is 6.31. The van der Waals surface area contributed by atoms with E-state index in [4.69, 9.17) is 16.3 Å². The Bertz CT molecular complexity index is 1200. The van der Waals surface area contributed by atoms with Crippen LogP contribution in [0, 0.1) is 10.1 Å². The number of anilines is 2. The van der Waals surface area contributed by atoms with Crippen LogP contribution in [0.4, 0.5) is 17.1 Å². The van der Waals surface area contributed by atoms with E-state index >= 15 is 0 Å². The fourth-order valence-corrected chi connectivity index (χ4v) is 4.30. The molecule has 1 aliphatic heterocycles. The molecule has 0 saturated carbocycles. The van der Waals surface area contributed by atoms with Crippen molar-refractivity contribution in [2.75, 3.05) is 43.5 Å². The molecule has 0 aliphatic carbocycles. The number of benzene rings is 2. The molecule has 10 heteroatoms. The summed E-state index contributed by atoms with van der Waals surface area (Å²) in [5, 5.41) is 16.1. The largest absolute Gasteiger partial charge is 0.495 e. The van der Waals surface area contributed by atoms with Crippen molar-refractivity contribution < 1.29 is 14.5 Å². The second-order valence-corrected chi connectivity index (χ2v) is 8.25. The van der Waals surface area contributed by atoms with Gasteiger partial charge in [-0.25, -0.2) is 0 Å². The number of carbonyl (C=O) groups is 1. The number of hydrogen-bond acceptors (Lipinski definition) is 7. The molecule has 9 nitrogen and oxygen atoms in total. The highest BCUT2D eigenvalue weighted by Crippen LogP contribution is 2.33. The predicted molar refractivity (Wildman–Crippen MR) is 128 cm³/mol. The van der Waals surface area contributed by atoms with Crippen molar-refractivity contribution in [1.29, 1.82) is 0 Å². The van der Waals surface area contributed by atoms with Gasteiger partial charge in [0.2, 0.25) is 5.91 Å². The number of nitrogens with zero attached hydrogens (tertiary/aromatic N) is 4. The molecule has 1 aromatic heterocycles. The summed E-state index contributed by atoms with van der Waals surface area (Å²) in [5.41, 5.74) is 1.51. The zero-order valence-electron chi connectivity index (χ0n) is 18.3. The minimum absolute atomic E-state index is 0.0437. The summed E-state index contributed by atoms with van der Waals surface area (Å²) in [6, 6.07) is 9.85. The van der Waals surface area contributed by atoms with Gasteiger partial charge in [0.1, 0.15) is 5.75 Å². The number of nitrogens with one attached hydrogen (secondary N) is 1. The van der Waals surface area contributed by atoms with Gasteiger partial charge < -0.3 is 15.0 Å². The minimum atomic E-state index is -0.388. The van der Waals surface area contributed by atoms with Crippen molar-refractivity contribution in [1.82, 2.24) is 9.88 Å². The number of piperazine rings is 1. The van der Waals surface area contributed by atoms with Gasteiger partial charge in [0, 0.05) is 60.7 Å². The van der Waals surface area contributed by atoms with E-state index < -0.39 is 0 Å². The van der Waals surface area contributed by atoms with Gasteiger partial charge in [-0.15, -0.1) is 0 Å². The normalized spacial score (nSPS) is 15.3. The Kier molecular flexibility index (Phi) is 6.62. The number of fused-ring (bicyclic) bond motifs is 1. The number of pyridine rings is 1. The molecule has 2 aromatic carbocycles. The Balaban J connectivity index is 1.45. The van der Waals surface area contributed by atoms with Crippen molar-refractivity contribution in [2.24, 2.45) is 0 Å². The molecular weight excluding hydrogens is 446 g/mol. The van der Waals surface area contributed by atoms with Gasteiger partial charge in [-0.2, -0.15) is 0 Å². The van der Waals surface area contributed by atoms with Crippen LogP contribution in [-0.4, -0.2) is 60.0 Å².